The number of amides is 1. The third-order valence-corrected chi connectivity index (χ3v) is 3.93. The number of carbonyl (C=O) groups excluding carboxylic acids is 1. The summed E-state index contributed by atoms with van der Waals surface area (Å²) in [5.74, 6) is 0.922. The van der Waals surface area contributed by atoms with Crippen LogP contribution in [-0.4, -0.2) is 27.5 Å². The Morgan fingerprint density at radius 2 is 2.05 bits per heavy atom. The zero-order valence-corrected chi connectivity index (χ0v) is 14.1. The summed E-state index contributed by atoms with van der Waals surface area (Å²) in [5, 5.41) is 7.89. The van der Waals surface area contributed by atoms with E-state index < -0.39 is 10.0 Å². The molecule has 0 saturated heterocycles. The number of carbonyl (C=O) groups is 1. The molecule has 124 valence electrons. The minimum Gasteiger partial charge on any atom is -0.491 e. The number of hydrogen-bond donors (Lipinski definition) is 2. The molecule has 0 saturated carbocycles. The van der Waals surface area contributed by atoms with Gasteiger partial charge in [-0.1, -0.05) is 20.8 Å². The molecule has 0 heterocycles. The molecule has 0 fully saturated rings. The lowest BCUT2D eigenvalue weighted by Crippen LogP contribution is -2.28. The van der Waals surface area contributed by atoms with Gasteiger partial charge in [-0.2, -0.15) is 0 Å². The molecule has 1 aromatic carbocycles. The van der Waals surface area contributed by atoms with Crippen LogP contribution in [0.5, 0.6) is 5.75 Å². The minimum absolute atomic E-state index is 0.00103. The van der Waals surface area contributed by atoms with Gasteiger partial charge in [-0.05, 0) is 36.1 Å². The van der Waals surface area contributed by atoms with Gasteiger partial charge in [0.1, 0.15) is 12.4 Å². The Morgan fingerprint density at radius 3 is 2.59 bits per heavy atom. The van der Waals surface area contributed by atoms with E-state index in [1.54, 1.807) is 6.07 Å². The van der Waals surface area contributed by atoms with Gasteiger partial charge in [-0.25, -0.2) is 13.6 Å². The van der Waals surface area contributed by atoms with E-state index in [1.165, 1.54) is 12.1 Å². The van der Waals surface area contributed by atoms with Gasteiger partial charge in [0.2, 0.25) is 15.9 Å². The first-order chi connectivity index (χ1) is 10.2. The summed E-state index contributed by atoms with van der Waals surface area (Å²) in [6.45, 7) is 6.60. The molecule has 0 unspecified atom stereocenters. The van der Waals surface area contributed by atoms with Crippen LogP contribution in [-0.2, 0) is 21.2 Å². The van der Waals surface area contributed by atoms with Crippen LogP contribution >= 0.6 is 0 Å². The molecule has 0 aliphatic carbocycles. The van der Waals surface area contributed by atoms with Gasteiger partial charge in [0.15, 0.2) is 0 Å². The maximum absolute atomic E-state index is 11.5. The first kappa shape index (κ1) is 18.4. The highest BCUT2D eigenvalue weighted by Crippen LogP contribution is 2.22. The standard InChI is InChI=1S/C15H24N2O4S/c1-4-12-10-13(22(16,19)20)5-6-14(12)21-8-7-17-15(18)9-11(2)3/h5-6,10-11H,4,7-9H2,1-3H3,(H,17,18)(H2,16,19,20). The first-order valence-corrected chi connectivity index (χ1v) is 8.84. The molecule has 3 N–H and O–H groups in total. The lowest BCUT2D eigenvalue weighted by molar-refractivity contribution is -0.121. The number of hydrogen-bond acceptors (Lipinski definition) is 4. The van der Waals surface area contributed by atoms with Crippen molar-refractivity contribution in [2.24, 2.45) is 11.1 Å². The monoisotopic (exact) mass is 328 g/mol. The van der Waals surface area contributed by atoms with Gasteiger partial charge in [-0.3, -0.25) is 4.79 Å². The second kappa shape index (κ2) is 8.14. The Bertz CT molecular complexity index is 612. The van der Waals surface area contributed by atoms with Crippen LogP contribution in [0.15, 0.2) is 23.1 Å². The predicted molar refractivity (Wildman–Crippen MR) is 85.2 cm³/mol. The fraction of sp³-hybridized carbons (Fsp3) is 0.533. The van der Waals surface area contributed by atoms with Gasteiger partial charge in [0.05, 0.1) is 11.4 Å². The Labute approximate surface area is 132 Å². The van der Waals surface area contributed by atoms with Crippen LogP contribution < -0.4 is 15.2 Å². The fourth-order valence-corrected chi connectivity index (χ4v) is 2.51. The molecule has 1 amide bonds. The smallest absolute Gasteiger partial charge is 0.238 e. The van der Waals surface area contributed by atoms with Crippen molar-refractivity contribution in [3.05, 3.63) is 23.8 Å². The largest absolute Gasteiger partial charge is 0.491 e. The third-order valence-electron chi connectivity index (χ3n) is 3.02. The molecule has 7 heteroatoms. The molecule has 1 rings (SSSR count). The number of rotatable bonds is 8. The molecule has 0 bridgehead atoms. The Balaban J connectivity index is 2.58. The Hall–Kier alpha value is -1.60. The van der Waals surface area contributed by atoms with E-state index >= 15 is 0 Å². The molecule has 0 aliphatic heterocycles. The molecule has 22 heavy (non-hydrogen) atoms. The number of aryl methyl sites for hydroxylation is 1. The lowest BCUT2D eigenvalue weighted by atomic mass is 10.1. The van der Waals surface area contributed by atoms with Gasteiger partial charge in [0.25, 0.3) is 0 Å². The zero-order valence-electron chi connectivity index (χ0n) is 13.3. The average molecular weight is 328 g/mol. The molecule has 0 atom stereocenters. The molecule has 6 nitrogen and oxygen atoms in total. The van der Waals surface area contributed by atoms with Gasteiger partial charge < -0.3 is 10.1 Å². The van der Waals surface area contributed by atoms with Crippen LogP contribution in [0.2, 0.25) is 0 Å². The van der Waals surface area contributed by atoms with E-state index in [0.717, 1.165) is 5.56 Å². The summed E-state index contributed by atoms with van der Waals surface area (Å²) in [4.78, 5) is 11.6. The highest BCUT2D eigenvalue weighted by atomic mass is 32.2. The van der Waals surface area contributed by atoms with E-state index in [0.29, 0.717) is 37.7 Å². The first-order valence-electron chi connectivity index (χ1n) is 7.29. The van der Waals surface area contributed by atoms with E-state index in [4.69, 9.17) is 9.88 Å². The second-order valence-corrected chi connectivity index (χ2v) is 7.03. The lowest BCUT2D eigenvalue weighted by Gasteiger charge is -2.12. The number of benzene rings is 1. The molecule has 1 aromatic rings. The summed E-state index contributed by atoms with van der Waals surface area (Å²) in [6, 6.07) is 4.53. The molecule has 0 radical (unpaired) electrons. The minimum atomic E-state index is -3.71. The highest BCUT2D eigenvalue weighted by molar-refractivity contribution is 7.89. The molecule has 0 spiro atoms. The number of nitrogens with two attached hydrogens (primary N) is 1. The molecular weight excluding hydrogens is 304 g/mol. The third kappa shape index (κ3) is 6.03. The highest BCUT2D eigenvalue weighted by Gasteiger charge is 2.11. The van der Waals surface area contributed by atoms with Crippen molar-refractivity contribution < 1.29 is 17.9 Å². The van der Waals surface area contributed by atoms with Crippen LogP contribution in [0.25, 0.3) is 0 Å². The van der Waals surface area contributed by atoms with Crippen molar-refractivity contribution in [3.63, 3.8) is 0 Å². The summed E-state index contributed by atoms with van der Waals surface area (Å²) in [5.41, 5.74) is 0.764. The van der Waals surface area contributed by atoms with Crippen molar-refractivity contribution in [2.75, 3.05) is 13.2 Å². The fourth-order valence-electron chi connectivity index (χ4n) is 1.94. The van der Waals surface area contributed by atoms with Crippen molar-refractivity contribution >= 4 is 15.9 Å². The topological polar surface area (TPSA) is 98.5 Å². The van der Waals surface area contributed by atoms with Gasteiger partial charge >= 0.3 is 0 Å². The van der Waals surface area contributed by atoms with Crippen LogP contribution in [0.1, 0.15) is 32.8 Å². The van der Waals surface area contributed by atoms with Crippen molar-refractivity contribution in [3.8, 4) is 5.75 Å². The van der Waals surface area contributed by atoms with Gasteiger partial charge in [-0.15, -0.1) is 0 Å². The SMILES string of the molecule is CCc1cc(S(N)(=O)=O)ccc1OCCNC(=O)CC(C)C. The predicted octanol–water partition coefficient (Wildman–Crippen LogP) is 1.44. The summed E-state index contributed by atoms with van der Waals surface area (Å²) < 4.78 is 28.3. The van der Waals surface area contributed by atoms with Crippen molar-refractivity contribution in [2.45, 2.75) is 38.5 Å². The average Bonchev–Trinajstić information content (AvgIpc) is 2.41. The van der Waals surface area contributed by atoms with Crippen molar-refractivity contribution in [1.29, 1.82) is 0 Å². The number of ether oxygens (including phenoxy) is 1. The van der Waals surface area contributed by atoms with Gasteiger partial charge in [0, 0.05) is 6.42 Å². The van der Waals surface area contributed by atoms with Crippen LogP contribution in [0.3, 0.4) is 0 Å². The number of nitrogens with one attached hydrogen (secondary N) is 1. The summed E-state index contributed by atoms with van der Waals surface area (Å²) in [6.07, 6.45) is 1.11. The summed E-state index contributed by atoms with van der Waals surface area (Å²) in [7, 11) is -3.71. The zero-order chi connectivity index (χ0) is 16.8. The second-order valence-electron chi connectivity index (χ2n) is 5.46. The van der Waals surface area contributed by atoms with E-state index in [-0.39, 0.29) is 10.8 Å². The maximum Gasteiger partial charge on any atom is 0.238 e. The van der Waals surface area contributed by atoms with Crippen LogP contribution in [0, 0.1) is 5.92 Å². The molecule has 0 aliphatic rings. The van der Waals surface area contributed by atoms with E-state index in [2.05, 4.69) is 5.32 Å². The van der Waals surface area contributed by atoms with Crippen LogP contribution in [0.4, 0.5) is 0 Å². The number of primary sulfonamides is 1. The van der Waals surface area contributed by atoms with E-state index in [9.17, 15) is 13.2 Å². The molecular formula is C15H24N2O4S. The quantitative estimate of drug-likeness (QED) is 0.705. The summed E-state index contributed by atoms with van der Waals surface area (Å²) >= 11 is 0. The van der Waals surface area contributed by atoms with Crippen molar-refractivity contribution in [1.82, 2.24) is 5.32 Å². The Morgan fingerprint density at radius 1 is 1.36 bits per heavy atom. The normalized spacial score (nSPS) is 11.5. The Kier molecular flexibility index (Phi) is 6.83. The number of sulfonamides is 1. The maximum atomic E-state index is 11.5. The molecule has 0 aromatic heterocycles. The van der Waals surface area contributed by atoms with E-state index in [1.807, 2.05) is 20.8 Å².